The highest BCUT2D eigenvalue weighted by atomic mass is 32.2. The number of nitrogens with zero attached hydrogens (tertiary/aromatic N) is 1. The van der Waals surface area contributed by atoms with Gasteiger partial charge in [-0.25, -0.2) is 8.42 Å². The molecule has 1 atom stereocenters. The van der Waals surface area contributed by atoms with E-state index in [9.17, 15) is 13.6 Å². The monoisotopic (exact) mass is 331 g/mol. The minimum atomic E-state index is -3.32. The highest BCUT2D eigenvalue weighted by Crippen LogP contribution is 2.22. The molecule has 0 aromatic heterocycles. The first kappa shape index (κ1) is 17.2. The molecule has 5 heteroatoms. The number of hydrogen-bond acceptors (Lipinski definition) is 4. The SMILES string of the molecule is CCC(/C(=N/O)c1ccc(-c2ccccc2)cc1)S(=O)(=O)CC. The average molecular weight is 331 g/mol. The van der Waals surface area contributed by atoms with Gasteiger partial charge in [0.25, 0.3) is 0 Å². The van der Waals surface area contributed by atoms with Gasteiger partial charge in [0.1, 0.15) is 11.0 Å². The maximum absolute atomic E-state index is 12.2. The lowest BCUT2D eigenvalue weighted by Gasteiger charge is -2.16. The van der Waals surface area contributed by atoms with E-state index >= 15 is 0 Å². The fourth-order valence-corrected chi connectivity index (χ4v) is 4.02. The van der Waals surface area contributed by atoms with Crippen molar-refractivity contribution in [1.82, 2.24) is 0 Å². The third kappa shape index (κ3) is 3.79. The van der Waals surface area contributed by atoms with Crippen LogP contribution in [-0.4, -0.2) is 30.3 Å². The normalized spacial score (nSPS) is 13.7. The Kier molecular flexibility index (Phi) is 5.55. The van der Waals surface area contributed by atoms with Crippen molar-refractivity contribution in [2.75, 3.05) is 5.75 Å². The number of benzene rings is 2. The van der Waals surface area contributed by atoms with Gasteiger partial charge in [-0.2, -0.15) is 0 Å². The molecule has 4 nitrogen and oxygen atoms in total. The zero-order valence-corrected chi connectivity index (χ0v) is 14.1. The van der Waals surface area contributed by atoms with Gasteiger partial charge in [-0.15, -0.1) is 0 Å². The molecule has 122 valence electrons. The largest absolute Gasteiger partial charge is 0.411 e. The van der Waals surface area contributed by atoms with Gasteiger partial charge < -0.3 is 5.21 Å². The topological polar surface area (TPSA) is 66.7 Å². The fraction of sp³-hybridized carbons (Fsp3) is 0.278. The van der Waals surface area contributed by atoms with Gasteiger partial charge in [0.15, 0.2) is 9.84 Å². The summed E-state index contributed by atoms with van der Waals surface area (Å²) in [5.41, 5.74) is 2.93. The van der Waals surface area contributed by atoms with Gasteiger partial charge in [0.05, 0.1) is 0 Å². The molecule has 0 spiro atoms. The lowest BCUT2D eigenvalue weighted by Crippen LogP contribution is -2.31. The van der Waals surface area contributed by atoms with Crippen molar-refractivity contribution in [3.63, 3.8) is 0 Å². The van der Waals surface area contributed by atoms with E-state index in [1.165, 1.54) is 0 Å². The molecule has 0 heterocycles. The quantitative estimate of drug-likeness (QED) is 0.498. The third-order valence-corrected chi connectivity index (χ3v) is 6.14. The molecule has 0 bridgehead atoms. The molecule has 2 aromatic carbocycles. The Bertz CT molecular complexity index is 766. The van der Waals surface area contributed by atoms with Crippen LogP contribution >= 0.6 is 0 Å². The van der Waals surface area contributed by atoms with Gasteiger partial charge >= 0.3 is 0 Å². The Hall–Kier alpha value is -2.14. The van der Waals surface area contributed by atoms with Crippen LogP contribution in [0.25, 0.3) is 11.1 Å². The van der Waals surface area contributed by atoms with E-state index in [1.807, 2.05) is 42.5 Å². The van der Waals surface area contributed by atoms with E-state index in [4.69, 9.17) is 0 Å². The maximum Gasteiger partial charge on any atom is 0.158 e. The van der Waals surface area contributed by atoms with Crippen LogP contribution < -0.4 is 0 Å². The van der Waals surface area contributed by atoms with Gasteiger partial charge in [-0.05, 0) is 17.5 Å². The summed E-state index contributed by atoms with van der Waals surface area (Å²) in [5, 5.41) is 11.8. The van der Waals surface area contributed by atoms with E-state index in [1.54, 1.807) is 26.0 Å². The van der Waals surface area contributed by atoms with Crippen LogP contribution in [0.5, 0.6) is 0 Å². The zero-order valence-electron chi connectivity index (χ0n) is 13.3. The lowest BCUT2D eigenvalue weighted by molar-refractivity contribution is 0.318. The van der Waals surface area contributed by atoms with E-state index < -0.39 is 15.1 Å². The van der Waals surface area contributed by atoms with Crippen LogP contribution in [0.2, 0.25) is 0 Å². The number of sulfone groups is 1. The fourth-order valence-electron chi connectivity index (χ4n) is 2.59. The highest BCUT2D eigenvalue weighted by molar-refractivity contribution is 7.92. The molecule has 2 aromatic rings. The van der Waals surface area contributed by atoms with Gasteiger partial charge in [0.2, 0.25) is 0 Å². The molecule has 0 fully saturated rings. The first-order valence-corrected chi connectivity index (χ1v) is 9.34. The van der Waals surface area contributed by atoms with Crippen molar-refractivity contribution in [2.24, 2.45) is 5.16 Å². The van der Waals surface area contributed by atoms with Crippen molar-refractivity contribution in [2.45, 2.75) is 25.5 Å². The summed E-state index contributed by atoms with van der Waals surface area (Å²) >= 11 is 0. The molecule has 0 aliphatic carbocycles. The van der Waals surface area contributed by atoms with E-state index in [-0.39, 0.29) is 11.5 Å². The molecule has 1 N–H and O–H groups in total. The van der Waals surface area contributed by atoms with Crippen LogP contribution in [0.1, 0.15) is 25.8 Å². The summed E-state index contributed by atoms with van der Waals surface area (Å²) < 4.78 is 24.4. The summed E-state index contributed by atoms with van der Waals surface area (Å²) in [6.45, 7) is 3.38. The number of hydrogen-bond donors (Lipinski definition) is 1. The Balaban J connectivity index is 2.37. The predicted molar refractivity (Wildman–Crippen MR) is 93.7 cm³/mol. The molecule has 0 radical (unpaired) electrons. The van der Waals surface area contributed by atoms with Crippen LogP contribution in [0.3, 0.4) is 0 Å². The highest BCUT2D eigenvalue weighted by Gasteiger charge is 2.28. The summed E-state index contributed by atoms with van der Waals surface area (Å²) in [6, 6.07) is 17.3. The lowest BCUT2D eigenvalue weighted by atomic mass is 10.0. The molecule has 23 heavy (non-hydrogen) atoms. The van der Waals surface area contributed by atoms with Crippen molar-refractivity contribution < 1.29 is 13.6 Å². The minimum Gasteiger partial charge on any atom is -0.411 e. The molecule has 0 amide bonds. The van der Waals surface area contributed by atoms with Crippen LogP contribution in [0.4, 0.5) is 0 Å². The standard InChI is InChI=1S/C18H21NO3S/c1-3-17(23(21,22)4-2)18(19-20)16-12-10-15(11-13-16)14-8-6-5-7-9-14/h5-13,17,20H,3-4H2,1-2H3/b19-18+. The first-order chi connectivity index (χ1) is 11.0. The Morgan fingerprint density at radius 1 is 1.00 bits per heavy atom. The molecule has 2 rings (SSSR count). The second-order valence-electron chi connectivity index (χ2n) is 5.28. The smallest absolute Gasteiger partial charge is 0.158 e. The van der Waals surface area contributed by atoms with Crippen LogP contribution in [0.15, 0.2) is 59.8 Å². The Morgan fingerprint density at radius 2 is 1.57 bits per heavy atom. The van der Waals surface area contributed by atoms with Crippen molar-refractivity contribution in [1.29, 1.82) is 0 Å². The molecular weight excluding hydrogens is 310 g/mol. The van der Waals surface area contributed by atoms with E-state index in [0.29, 0.717) is 12.0 Å². The van der Waals surface area contributed by atoms with Gasteiger partial charge in [-0.3, -0.25) is 0 Å². The number of rotatable bonds is 6. The van der Waals surface area contributed by atoms with Crippen LogP contribution in [0, 0.1) is 0 Å². The van der Waals surface area contributed by atoms with Crippen molar-refractivity contribution in [3.8, 4) is 11.1 Å². The predicted octanol–water partition coefficient (Wildman–Crippen LogP) is 3.75. The molecule has 0 aliphatic rings. The molecule has 0 saturated heterocycles. The van der Waals surface area contributed by atoms with E-state index in [2.05, 4.69) is 5.16 Å². The summed E-state index contributed by atoms with van der Waals surface area (Å²) in [6.07, 6.45) is 0.371. The Labute approximate surface area is 137 Å². The van der Waals surface area contributed by atoms with Crippen molar-refractivity contribution >= 4 is 15.5 Å². The average Bonchev–Trinajstić information content (AvgIpc) is 2.60. The summed E-state index contributed by atoms with van der Waals surface area (Å²) in [5.74, 6) is 0.0205. The zero-order chi connectivity index (χ0) is 16.9. The Morgan fingerprint density at radius 3 is 2.04 bits per heavy atom. The van der Waals surface area contributed by atoms with Crippen LogP contribution in [-0.2, 0) is 9.84 Å². The van der Waals surface area contributed by atoms with Crippen molar-refractivity contribution in [3.05, 3.63) is 60.2 Å². The van der Waals surface area contributed by atoms with E-state index in [0.717, 1.165) is 11.1 Å². The summed E-state index contributed by atoms with van der Waals surface area (Å²) in [7, 11) is -3.32. The second-order valence-corrected chi connectivity index (χ2v) is 7.75. The molecule has 0 saturated carbocycles. The maximum atomic E-state index is 12.2. The number of oxime groups is 1. The molecular formula is C18H21NO3S. The third-order valence-electron chi connectivity index (χ3n) is 3.91. The summed E-state index contributed by atoms with van der Waals surface area (Å²) in [4.78, 5) is 0. The second kappa shape index (κ2) is 7.42. The first-order valence-electron chi connectivity index (χ1n) is 7.62. The van der Waals surface area contributed by atoms with Gasteiger partial charge in [0, 0.05) is 11.3 Å². The molecule has 1 unspecified atom stereocenters. The minimum absolute atomic E-state index is 0.0205. The molecule has 0 aliphatic heterocycles. The van der Waals surface area contributed by atoms with Gasteiger partial charge in [-0.1, -0.05) is 73.6 Å².